The number of carboxylic acids is 1. The molecule has 4 unspecified atom stereocenters. The highest BCUT2D eigenvalue weighted by molar-refractivity contribution is 7.72. The van der Waals surface area contributed by atoms with Gasteiger partial charge in [0, 0.05) is 26.2 Å². The topological polar surface area (TPSA) is 444 Å². The van der Waals surface area contributed by atoms with Crippen LogP contribution in [0.3, 0.4) is 0 Å². The normalized spacial score (nSPS) is 14.9. The Kier molecular flexibility index (Phi) is 28.7. The molecule has 10 N–H and O–H groups in total. The lowest BCUT2D eigenvalue weighted by molar-refractivity contribution is -0.153. The van der Waals surface area contributed by atoms with Gasteiger partial charge in [-0.15, -0.1) is 0 Å². The second kappa shape index (κ2) is 40.6. The second-order valence-corrected chi connectivity index (χ2v) is 30.5. The van der Waals surface area contributed by atoms with E-state index in [0.717, 1.165) is 73.5 Å². The number of carbonyl (C=O) groups is 4. The van der Waals surface area contributed by atoms with Gasteiger partial charge < -0.3 is 57.4 Å². The Hall–Kier alpha value is -14.0. The molecular formula is C87H90N18O16S3. The number of aliphatic hydroxyl groups is 1. The number of hydrogen-bond donors (Lipinski definition) is 10. The Bertz CT molecular complexity index is 6590. The molecule has 2 saturated heterocycles. The average Bonchev–Trinajstić information content (AvgIpc) is 1.25. The minimum Gasteiger partial charge on any atom is -0.490 e. The summed E-state index contributed by atoms with van der Waals surface area (Å²) in [4.78, 5) is 135. The van der Waals surface area contributed by atoms with Crippen LogP contribution in [0.1, 0.15) is 123 Å². The van der Waals surface area contributed by atoms with E-state index < -0.39 is 63.9 Å². The Morgan fingerprint density at radius 3 is 1.15 bits per heavy atom. The fourth-order valence-corrected chi connectivity index (χ4v) is 16.1. The molecule has 1 saturated carbocycles. The molecule has 16 rings (SSSR count). The highest BCUT2D eigenvalue weighted by Crippen LogP contribution is 2.37. The largest absolute Gasteiger partial charge is 0.490 e. The zero-order valence-electron chi connectivity index (χ0n) is 67.2. The van der Waals surface area contributed by atoms with Crippen molar-refractivity contribution in [1.82, 2.24) is 88.8 Å². The zero-order chi connectivity index (χ0) is 87.6. The van der Waals surface area contributed by atoms with Crippen molar-refractivity contribution in [1.29, 1.82) is 0 Å². The number of rotatable bonds is 26. The predicted molar refractivity (Wildman–Crippen MR) is 470 cm³/mol. The summed E-state index contributed by atoms with van der Waals surface area (Å²) in [5, 5.41) is 41.8. The second-order valence-electron chi connectivity index (χ2n) is 29.3. The number of ether oxygens (including phenoxy) is 5. The summed E-state index contributed by atoms with van der Waals surface area (Å²) in [5.74, 6) is 0.261. The highest BCUT2D eigenvalue weighted by atomic mass is 32.1. The number of hydrogen-bond acceptors (Lipinski definition) is 22. The predicted octanol–water partition coefficient (Wildman–Crippen LogP) is 11.2. The minimum absolute atomic E-state index is 0.0630. The van der Waals surface area contributed by atoms with Gasteiger partial charge in [0.25, 0.3) is 27.8 Å². The molecule has 34 nitrogen and oxygen atoms in total. The van der Waals surface area contributed by atoms with Crippen LogP contribution in [-0.2, 0) is 29.5 Å². The van der Waals surface area contributed by atoms with Crippen LogP contribution in [0.5, 0.6) is 23.0 Å². The maximum Gasteiger partial charge on any atom is 0.334 e. The number of fused-ring (bicyclic) bond motifs is 4. The number of aromatic amines is 8. The van der Waals surface area contributed by atoms with Gasteiger partial charge in [-0.1, -0.05) is 185 Å². The summed E-state index contributed by atoms with van der Waals surface area (Å²) in [6.45, 7) is 18.0. The average molecular weight is 1740 g/mol. The summed E-state index contributed by atoms with van der Waals surface area (Å²) >= 11 is 16.6. The molecule has 13 aromatic rings. The van der Waals surface area contributed by atoms with Crippen molar-refractivity contribution in [2.24, 2.45) is 0 Å². The summed E-state index contributed by atoms with van der Waals surface area (Å²) in [6.07, 6.45) is 21.6. The van der Waals surface area contributed by atoms with E-state index in [9.17, 15) is 53.4 Å². The molecule has 124 heavy (non-hydrogen) atoms. The molecule has 3 fully saturated rings. The first-order valence-corrected chi connectivity index (χ1v) is 41.2. The standard InChI is InChI=1S/C27H27N5O4S.C22H25N5O3S.C22H24N4O5.C16H14N4O4S/c1-2-15-36-20-10-6-7-18(16-20)22(32-17-28-23-21(26(32)37)24(33)30-29-23)25(34)31-13-11-27(35,12-14-31)19-8-4-3-5-9-19;1-2-12-30-16-9-7-8-15(13-16)18(21(29)26-10-5-3-4-6-11-26)27-14-23-19-17(22(27)31)20(28)25-24-19;1-2-11-30-16-10-6-7-14(12-16)18(22(29)31-15-8-4-3-5-9-15)26-13-23-19-17(21(26)28)20(27)25-24-19;1-2-6-24-10-5-3-4-9(7-10)12(16(22)23)20-8-17-13-11(15(20)25)14(21)19-18-13/h2-10,16-17,22,35H,1,11-15H2,(H2,29,30,33);2,7-9,13-14,18H,1,3-6,10-12H2,(H2,24,25,28);2,6-7,10,12-13,15,18H,1,3-5,8-9,11H2,(H2,24,25,27);2-5,7-8,12H,1,6H2,(H,22,23)(H2,18,19,21). The number of aliphatic carboxylic acids is 1. The van der Waals surface area contributed by atoms with Crippen molar-refractivity contribution < 1.29 is 53.1 Å². The van der Waals surface area contributed by atoms with Crippen LogP contribution < -0.4 is 46.7 Å². The van der Waals surface area contributed by atoms with Crippen molar-refractivity contribution in [2.75, 3.05) is 52.6 Å². The van der Waals surface area contributed by atoms with Crippen LogP contribution in [0.4, 0.5) is 0 Å². The summed E-state index contributed by atoms with van der Waals surface area (Å²) < 4.78 is 34.3. The molecule has 10 heterocycles. The molecule has 642 valence electrons. The van der Waals surface area contributed by atoms with Crippen LogP contribution in [0.15, 0.2) is 227 Å². The number of nitrogens with zero attached hydrogens (tertiary/aromatic N) is 10. The van der Waals surface area contributed by atoms with Gasteiger partial charge in [0.15, 0.2) is 40.1 Å². The van der Waals surface area contributed by atoms with Gasteiger partial charge in [0.05, 0.1) is 24.6 Å². The van der Waals surface area contributed by atoms with E-state index in [1.807, 2.05) is 65.6 Å². The van der Waals surface area contributed by atoms with Crippen molar-refractivity contribution in [3.63, 3.8) is 0 Å². The van der Waals surface area contributed by atoms with Crippen LogP contribution in [0.2, 0.25) is 0 Å². The van der Waals surface area contributed by atoms with Crippen molar-refractivity contribution in [2.45, 2.75) is 107 Å². The molecule has 3 aliphatic rings. The van der Waals surface area contributed by atoms with Crippen molar-refractivity contribution >= 4 is 105 Å². The third-order valence-electron chi connectivity index (χ3n) is 21.2. The molecule has 1 aliphatic carbocycles. The number of benzene rings is 5. The van der Waals surface area contributed by atoms with E-state index in [2.05, 4.69) is 87.0 Å². The van der Waals surface area contributed by atoms with Gasteiger partial charge in [-0.25, -0.2) is 29.5 Å². The molecule has 37 heteroatoms. The number of esters is 1. The maximum atomic E-state index is 14.1. The molecule has 4 atom stereocenters. The van der Waals surface area contributed by atoms with Gasteiger partial charge in [-0.2, -0.15) is 0 Å². The number of likely N-dealkylation sites (tertiary alicyclic amines) is 2. The lowest BCUT2D eigenvalue weighted by atomic mass is 9.84. The van der Waals surface area contributed by atoms with E-state index in [-0.39, 0.29) is 70.2 Å². The molecule has 2 amide bonds. The molecule has 2 aliphatic heterocycles. The van der Waals surface area contributed by atoms with Crippen LogP contribution in [-0.4, -0.2) is 181 Å². The molecule has 5 aromatic carbocycles. The van der Waals surface area contributed by atoms with Crippen molar-refractivity contribution in [3.8, 4) is 23.0 Å². The SMILES string of the molecule is C=CCOc1cccc(C(C(=O)N2CCC(O)(c3ccccc3)CC2)n2cnc3[nH][nH]c(=O)c3c2=S)c1.C=CCOc1cccc(C(C(=O)N2CCCCCC2)n2cnc3[nH][nH]c(=O)c3c2=S)c1.C=CCOc1cccc(C(C(=O)O)n2cnc3[nH][nH]c(=O)c3c2=S)c1.C=CCOc1cccc(C(C(=O)OC2CCCCC2)n2cnc3[nH][nH]c(=O)c3c2=O)c1. The number of carbonyl (C=O) groups excluding carboxylic acids is 3. The van der Waals surface area contributed by atoms with Gasteiger partial charge >= 0.3 is 11.9 Å². The minimum atomic E-state index is -1.15. The first-order chi connectivity index (χ1) is 60.1. The quantitative estimate of drug-likeness (QED) is 0.0137. The number of piperidine rings is 1. The van der Waals surface area contributed by atoms with Gasteiger partial charge in [0.2, 0.25) is 11.8 Å². The monoisotopic (exact) mass is 1740 g/mol. The van der Waals surface area contributed by atoms with Gasteiger partial charge in [0.1, 0.15) is 104 Å². The van der Waals surface area contributed by atoms with E-state index >= 15 is 0 Å². The zero-order valence-corrected chi connectivity index (χ0v) is 69.6. The Labute approximate surface area is 721 Å². The van der Waals surface area contributed by atoms with E-state index in [4.69, 9.17) is 60.3 Å². The number of amides is 2. The first-order valence-electron chi connectivity index (χ1n) is 40.0. The van der Waals surface area contributed by atoms with E-state index in [1.165, 1.54) is 29.9 Å². The Balaban J connectivity index is 0.000000143. The molecule has 8 aromatic heterocycles. The number of H-pyrrole nitrogens is 8. The molecule has 0 spiro atoms. The summed E-state index contributed by atoms with van der Waals surface area (Å²) in [5.41, 5.74) is 0.821. The number of nitrogens with one attached hydrogen (secondary N) is 8. The van der Waals surface area contributed by atoms with Crippen LogP contribution in [0, 0.1) is 13.9 Å². The van der Waals surface area contributed by atoms with Gasteiger partial charge in [-0.05, 0) is 128 Å². The number of carboxylic acid groups (broad SMARTS) is 1. The smallest absolute Gasteiger partial charge is 0.334 e. The lowest BCUT2D eigenvalue weighted by Gasteiger charge is -2.40. The lowest BCUT2D eigenvalue weighted by Crippen LogP contribution is -2.47. The maximum absolute atomic E-state index is 14.1. The third-order valence-corrected chi connectivity index (χ3v) is 22.5. The number of aromatic nitrogens is 16. The molecule has 0 radical (unpaired) electrons. The van der Waals surface area contributed by atoms with Crippen molar-refractivity contribution in [3.05, 3.63) is 297 Å². The van der Waals surface area contributed by atoms with Crippen LogP contribution in [0.25, 0.3) is 44.1 Å². The van der Waals surface area contributed by atoms with E-state index in [1.54, 1.807) is 105 Å². The third kappa shape index (κ3) is 19.9. The highest BCUT2D eigenvalue weighted by Gasteiger charge is 2.39. The summed E-state index contributed by atoms with van der Waals surface area (Å²) in [6, 6.07) is 33.7. The Morgan fingerprint density at radius 1 is 0.427 bits per heavy atom. The van der Waals surface area contributed by atoms with E-state index in [0.29, 0.717) is 116 Å². The fourth-order valence-electron chi connectivity index (χ4n) is 15.1. The first kappa shape index (κ1) is 87.8. The Morgan fingerprint density at radius 2 is 0.766 bits per heavy atom. The molecule has 0 bridgehead atoms. The summed E-state index contributed by atoms with van der Waals surface area (Å²) in [7, 11) is 0. The fraction of sp³-hybridized carbons (Fsp3) is 0.287. The van der Waals surface area contributed by atoms with Gasteiger partial charge in [-0.3, -0.25) is 78.9 Å². The molecular weight excluding hydrogens is 1650 g/mol. The van der Waals surface area contributed by atoms with Crippen LogP contribution >= 0.6 is 36.7 Å².